The maximum atomic E-state index is 12.3. The number of pyridine rings is 1. The van der Waals surface area contributed by atoms with Crippen molar-refractivity contribution in [2.75, 3.05) is 0 Å². The molecule has 5 rings (SSSR count). The van der Waals surface area contributed by atoms with Crippen LogP contribution < -0.4 is 4.74 Å². The Kier molecular flexibility index (Phi) is 4.34. The van der Waals surface area contributed by atoms with Gasteiger partial charge in [0.25, 0.3) is 0 Å². The number of rotatable bonds is 6. The van der Waals surface area contributed by atoms with Gasteiger partial charge in [-0.3, -0.25) is 14.0 Å². The predicted molar refractivity (Wildman–Crippen MR) is 106 cm³/mol. The predicted octanol–water partition coefficient (Wildman–Crippen LogP) is 3.71. The highest BCUT2D eigenvalue weighted by Crippen LogP contribution is 2.40. The first-order valence-electron chi connectivity index (χ1n) is 10.1. The molecule has 2 heterocycles. The fourth-order valence-electron chi connectivity index (χ4n) is 4.05. The SMILES string of the molecule is CCc1nc2c(O[C@@H]3c4ccccc4C[C@H]3OC(=O)C3CC3)cccn2c1C=O. The van der Waals surface area contributed by atoms with Crippen LogP contribution in [-0.4, -0.2) is 27.7 Å². The van der Waals surface area contributed by atoms with Crippen molar-refractivity contribution in [2.45, 2.75) is 44.8 Å². The van der Waals surface area contributed by atoms with E-state index < -0.39 is 6.10 Å². The van der Waals surface area contributed by atoms with Crippen LogP contribution in [0.1, 0.15) is 53.2 Å². The maximum absolute atomic E-state index is 12.3. The number of fused-ring (bicyclic) bond motifs is 2. The number of hydrogen-bond donors (Lipinski definition) is 0. The van der Waals surface area contributed by atoms with E-state index in [0.717, 1.165) is 35.9 Å². The van der Waals surface area contributed by atoms with Gasteiger partial charge in [-0.2, -0.15) is 0 Å². The summed E-state index contributed by atoms with van der Waals surface area (Å²) < 4.78 is 14.0. The van der Waals surface area contributed by atoms with Crippen molar-refractivity contribution in [3.05, 3.63) is 65.1 Å². The van der Waals surface area contributed by atoms with Crippen LogP contribution >= 0.6 is 0 Å². The van der Waals surface area contributed by atoms with E-state index in [2.05, 4.69) is 4.98 Å². The summed E-state index contributed by atoms with van der Waals surface area (Å²) in [5.41, 5.74) is 4.03. The lowest BCUT2D eigenvalue weighted by atomic mass is 10.1. The highest BCUT2D eigenvalue weighted by Gasteiger charge is 2.40. The van der Waals surface area contributed by atoms with E-state index in [1.165, 1.54) is 0 Å². The van der Waals surface area contributed by atoms with E-state index in [4.69, 9.17) is 9.47 Å². The molecule has 0 N–H and O–H groups in total. The number of nitrogens with zero attached hydrogens (tertiary/aromatic N) is 2. The molecule has 0 spiro atoms. The lowest BCUT2D eigenvalue weighted by Gasteiger charge is -2.22. The average Bonchev–Trinajstić information content (AvgIpc) is 3.45. The first kappa shape index (κ1) is 17.9. The summed E-state index contributed by atoms with van der Waals surface area (Å²) in [7, 11) is 0. The Morgan fingerprint density at radius 2 is 2.07 bits per heavy atom. The van der Waals surface area contributed by atoms with Crippen LogP contribution in [-0.2, 0) is 22.4 Å². The van der Waals surface area contributed by atoms with E-state index in [1.807, 2.05) is 49.5 Å². The lowest BCUT2D eigenvalue weighted by molar-refractivity contribution is -0.154. The zero-order chi connectivity index (χ0) is 20.0. The third-order valence-electron chi connectivity index (χ3n) is 5.73. The minimum atomic E-state index is -0.401. The molecule has 0 radical (unpaired) electrons. The number of esters is 1. The number of aromatic nitrogens is 2. The summed E-state index contributed by atoms with van der Waals surface area (Å²) in [6.45, 7) is 1.97. The van der Waals surface area contributed by atoms with E-state index in [-0.39, 0.29) is 18.0 Å². The minimum Gasteiger partial charge on any atom is -0.478 e. The molecular formula is C23H22N2O4. The average molecular weight is 390 g/mol. The quantitative estimate of drug-likeness (QED) is 0.474. The molecular weight excluding hydrogens is 368 g/mol. The van der Waals surface area contributed by atoms with Crippen molar-refractivity contribution in [1.29, 1.82) is 0 Å². The molecule has 3 aromatic rings. The van der Waals surface area contributed by atoms with Crippen LogP contribution in [0.2, 0.25) is 0 Å². The highest BCUT2D eigenvalue weighted by molar-refractivity contribution is 5.78. The zero-order valence-electron chi connectivity index (χ0n) is 16.2. The summed E-state index contributed by atoms with van der Waals surface area (Å²) in [5.74, 6) is 0.480. The maximum Gasteiger partial charge on any atom is 0.309 e. The van der Waals surface area contributed by atoms with Gasteiger partial charge in [-0.15, -0.1) is 0 Å². The number of carbonyl (C=O) groups excluding carboxylic acids is 2. The Hall–Kier alpha value is -3.15. The number of ether oxygens (including phenoxy) is 2. The number of imidazole rings is 1. The third kappa shape index (κ3) is 3.09. The minimum absolute atomic E-state index is 0.0392. The molecule has 1 fully saturated rings. The van der Waals surface area contributed by atoms with Gasteiger partial charge in [0.15, 0.2) is 23.8 Å². The molecule has 2 aliphatic rings. The van der Waals surface area contributed by atoms with Crippen molar-refractivity contribution in [3.8, 4) is 5.75 Å². The number of hydrogen-bond acceptors (Lipinski definition) is 5. The monoisotopic (exact) mass is 390 g/mol. The van der Waals surface area contributed by atoms with Crippen LogP contribution in [0.3, 0.4) is 0 Å². The topological polar surface area (TPSA) is 69.9 Å². The van der Waals surface area contributed by atoms with Crippen molar-refractivity contribution >= 4 is 17.9 Å². The van der Waals surface area contributed by atoms with Gasteiger partial charge in [0.1, 0.15) is 11.8 Å². The number of carbonyl (C=O) groups is 2. The van der Waals surface area contributed by atoms with Crippen molar-refractivity contribution in [3.63, 3.8) is 0 Å². The number of aldehydes is 1. The second-order valence-corrected chi connectivity index (χ2v) is 7.67. The van der Waals surface area contributed by atoms with Crippen LogP contribution in [0.25, 0.3) is 5.65 Å². The summed E-state index contributed by atoms with van der Waals surface area (Å²) in [6.07, 6.45) is 4.98. The summed E-state index contributed by atoms with van der Waals surface area (Å²) in [5, 5.41) is 0. The first-order chi connectivity index (χ1) is 14.2. The van der Waals surface area contributed by atoms with Crippen molar-refractivity contribution in [1.82, 2.24) is 9.38 Å². The summed E-state index contributed by atoms with van der Waals surface area (Å²) in [4.78, 5) is 28.5. The van der Waals surface area contributed by atoms with E-state index >= 15 is 0 Å². The Balaban J connectivity index is 1.52. The van der Waals surface area contributed by atoms with Crippen molar-refractivity contribution < 1.29 is 19.1 Å². The molecule has 0 unspecified atom stereocenters. The van der Waals surface area contributed by atoms with Gasteiger partial charge in [-0.05, 0) is 42.5 Å². The number of benzene rings is 1. The second-order valence-electron chi connectivity index (χ2n) is 7.67. The molecule has 1 saturated carbocycles. The second kappa shape index (κ2) is 7.03. The van der Waals surface area contributed by atoms with Gasteiger partial charge in [0, 0.05) is 12.6 Å². The summed E-state index contributed by atoms with van der Waals surface area (Å²) in [6, 6.07) is 11.7. The normalized spacial score (nSPS) is 20.4. The van der Waals surface area contributed by atoms with Crippen LogP contribution in [0.5, 0.6) is 5.75 Å². The Morgan fingerprint density at radius 3 is 2.83 bits per heavy atom. The Morgan fingerprint density at radius 1 is 1.24 bits per heavy atom. The third-order valence-corrected chi connectivity index (χ3v) is 5.73. The fourth-order valence-corrected chi connectivity index (χ4v) is 4.05. The molecule has 29 heavy (non-hydrogen) atoms. The lowest BCUT2D eigenvalue weighted by Crippen LogP contribution is -2.27. The first-order valence-corrected chi connectivity index (χ1v) is 10.1. The largest absolute Gasteiger partial charge is 0.478 e. The number of aryl methyl sites for hydroxylation is 1. The molecule has 0 saturated heterocycles. The molecule has 6 nitrogen and oxygen atoms in total. The highest BCUT2D eigenvalue weighted by atomic mass is 16.6. The van der Waals surface area contributed by atoms with Gasteiger partial charge >= 0.3 is 5.97 Å². The van der Waals surface area contributed by atoms with Gasteiger partial charge in [-0.1, -0.05) is 31.2 Å². The van der Waals surface area contributed by atoms with Crippen LogP contribution in [0.15, 0.2) is 42.6 Å². The van der Waals surface area contributed by atoms with Gasteiger partial charge in [0.2, 0.25) is 0 Å². The molecule has 2 aromatic heterocycles. The molecule has 148 valence electrons. The summed E-state index contributed by atoms with van der Waals surface area (Å²) >= 11 is 0. The zero-order valence-corrected chi connectivity index (χ0v) is 16.2. The van der Waals surface area contributed by atoms with E-state index in [9.17, 15) is 9.59 Å². The molecule has 0 amide bonds. The molecule has 2 aliphatic carbocycles. The van der Waals surface area contributed by atoms with Gasteiger partial charge < -0.3 is 9.47 Å². The fraction of sp³-hybridized carbons (Fsp3) is 0.348. The Labute approximate surface area is 168 Å². The molecule has 2 atom stereocenters. The molecule has 1 aromatic carbocycles. The van der Waals surface area contributed by atoms with Gasteiger partial charge in [0.05, 0.1) is 11.6 Å². The van der Waals surface area contributed by atoms with Crippen LogP contribution in [0.4, 0.5) is 0 Å². The Bertz CT molecular complexity index is 1100. The van der Waals surface area contributed by atoms with Crippen molar-refractivity contribution in [2.24, 2.45) is 5.92 Å². The smallest absolute Gasteiger partial charge is 0.309 e. The van der Waals surface area contributed by atoms with Crippen LogP contribution in [0, 0.1) is 5.92 Å². The van der Waals surface area contributed by atoms with E-state index in [0.29, 0.717) is 29.9 Å². The molecule has 0 aliphatic heterocycles. The standard InChI is InChI=1S/C23H22N2O4/c1-2-17-18(13-26)25-11-5-8-19(22(25)24-17)28-21-16-7-4-3-6-15(16)12-20(21)29-23(27)14-9-10-14/h3-8,11,13-14,20-21H,2,9-10,12H2,1H3/t20-,21-/m1/s1. The van der Waals surface area contributed by atoms with Gasteiger partial charge in [-0.25, -0.2) is 4.98 Å². The van der Waals surface area contributed by atoms with E-state index in [1.54, 1.807) is 4.40 Å². The molecule has 6 heteroatoms. The molecule has 0 bridgehead atoms.